The monoisotopic (exact) mass is 379 g/mol. The van der Waals surface area contributed by atoms with E-state index in [4.69, 9.17) is 11.6 Å². The molecule has 7 heteroatoms. The molecule has 2 aromatic heterocycles. The molecular formula is C9H4Br2ClN3S. The maximum absolute atomic E-state index is 5.88. The highest BCUT2D eigenvalue weighted by Gasteiger charge is 2.10. The Morgan fingerprint density at radius 3 is 2.69 bits per heavy atom. The average Bonchev–Trinajstić information content (AvgIpc) is 2.28. The molecule has 2 aromatic rings. The summed E-state index contributed by atoms with van der Waals surface area (Å²) in [6.45, 7) is 0. The van der Waals surface area contributed by atoms with E-state index in [9.17, 15) is 0 Å². The van der Waals surface area contributed by atoms with Crippen LogP contribution in [0.1, 0.15) is 0 Å². The molecule has 3 nitrogen and oxygen atoms in total. The molecule has 0 radical (unpaired) electrons. The van der Waals surface area contributed by atoms with Gasteiger partial charge in [-0.1, -0.05) is 11.6 Å². The predicted octanol–water partition coefficient (Wildman–Crippen LogP) is 4.20. The largest absolute Gasteiger partial charge is 0.248 e. The average molecular weight is 381 g/mol. The fraction of sp³-hybridized carbons (Fsp3) is 0. The van der Waals surface area contributed by atoms with Crippen LogP contribution in [0, 0.1) is 0 Å². The Hall–Kier alpha value is -0.170. The lowest BCUT2D eigenvalue weighted by Gasteiger charge is -2.04. The highest BCUT2D eigenvalue weighted by Crippen LogP contribution is 2.36. The number of halogens is 3. The molecule has 0 unspecified atom stereocenters. The SMILES string of the molecule is Clc1ncnc(Sc2ncccc2Br)c1Br. The van der Waals surface area contributed by atoms with Gasteiger partial charge in [0.25, 0.3) is 0 Å². The van der Waals surface area contributed by atoms with E-state index in [2.05, 4.69) is 46.8 Å². The van der Waals surface area contributed by atoms with Crippen LogP contribution >= 0.6 is 55.2 Å². The number of hydrogen-bond donors (Lipinski definition) is 0. The van der Waals surface area contributed by atoms with E-state index in [1.54, 1.807) is 6.20 Å². The standard InChI is InChI=1S/C9H4Br2ClN3S/c10-5-2-1-3-13-8(5)16-9-6(11)7(12)14-4-15-9/h1-4H. The van der Waals surface area contributed by atoms with Crippen LogP contribution in [0.25, 0.3) is 0 Å². The van der Waals surface area contributed by atoms with Crippen LogP contribution in [0.3, 0.4) is 0 Å². The van der Waals surface area contributed by atoms with Gasteiger partial charge in [-0.25, -0.2) is 15.0 Å². The van der Waals surface area contributed by atoms with Crippen molar-refractivity contribution in [2.75, 3.05) is 0 Å². The highest BCUT2D eigenvalue weighted by molar-refractivity contribution is 9.11. The van der Waals surface area contributed by atoms with E-state index in [1.165, 1.54) is 18.1 Å². The third-order valence-electron chi connectivity index (χ3n) is 1.63. The van der Waals surface area contributed by atoms with Crippen LogP contribution in [-0.4, -0.2) is 15.0 Å². The number of hydrogen-bond acceptors (Lipinski definition) is 4. The second-order valence-corrected chi connectivity index (χ2v) is 5.66. The van der Waals surface area contributed by atoms with Crippen molar-refractivity contribution in [2.24, 2.45) is 0 Å². The minimum Gasteiger partial charge on any atom is -0.248 e. The zero-order valence-corrected chi connectivity index (χ0v) is 12.4. The number of nitrogens with zero attached hydrogens (tertiary/aromatic N) is 3. The molecule has 0 saturated heterocycles. The lowest BCUT2D eigenvalue weighted by atomic mass is 10.5. The Balaban J connectivity index is 2.35. The van der Waals surface area contributed by atoms with Crippen LogP contribution in [0.5, 0.6) is 0 Å². The summed E-state index contributed by atoms with van der Waals surface area (Å²) in [7, 11) is 0. The maximum atomic E-state index is 5.88. The second kappa shape index (κ2) is 5.44. The topological polar surface area (TPSA) is 38.7 Å². The summed E-state index contributed by atoms with van der Waals surface area (Å²) in [5, 5.41) is 1.96. The van der Waals surface area contributed by atoms with E-state index in [0.717, 1.165) is 14.5 Å². The van der Waals surface area contributed by atoms with Crippen molar-refractivity contribution in [2.45, 2.75) is 10.1 Å². The number of aromatic nitrogens is 3. The zero-order valence-electron chi connectivity index (χ0n) is 7.69. The van der Waals surface area contributed by atoms with Crippen molar-refractivity contribution in [1.82, 2.24) is 15.0 Å². The van der Waals surface area contributed by atoms with Gasteiger partial charge in [0.2, 0.25) is 0 Å². The van der Waals surface area contributed by atoms with Gasteiger partial charge in [-0.3, -0.25) is 0 Å². The molecule has 2 heterocycles. The molecule has 0 aliphatic rings. The third-order valence-corrected chi connectivity index (χ3v) is 5.09. The normalized spacial score (nSPS) is 10.4. The predicted molar refractivity (Wildman–Crippen MR) is 70.8 cm³/mol. The molecule has 0 N–H and O–H groups in total. The molecule has 0 fully saturated rings. The first kappa shape index (κ1) is 12.3. The van der Waals surface area contributed by atoms with E-state index in [0.29, 0.717) is 9.63 Å². The summed E-state index contributed by atoms with van der Waals surface area (Å²) in [5.41, 5.74) is 0. The van der Waals surface area contributed by atoms with E-state index in [-0.39, 0.29) is 0 Å². The summed E-state index contributed by atoms with van der Waals surface area (Å²) in [6.07, 6.45) is 3.15. The van der Waals surface area contributed by atoms with Crippen LogP contribution in [-0.2, 0) is 0 Å². The molecule has 0 bridgehead atoms. The fourth-order valence-electron chi connectivity index (χ4n) is 0.943. The minimum absolute atomic E-state index is 0.393. The van der Waals surface area contributed by atoms with Gasteiger partial charge in [0.05, 0.1) is 8.95 Å². The van der Waals surface area contributed by atoms with Gasteiger partial charge < -0.3 is 0 Å². The van der Waals surface area contributed by atoms with Gasteiger partial charge >= 0.3 is 0 Å². The first-order chi connectivity index (χ1) is 7.68. The Labute approximate surface area is 118 Å². The molecule has 0 aliphatic heterocycles. The molecule has 82 valence electrons. The van der Waals surface area contributed by atoms with Crippen molar-refractivity contribution >= 4 is 55.2 Å². The van der Waals surface area contributed by atoms with Gasteiger partial charge in [0.1, 0.15) is 21.5 Å². The van der Waals surface area contributed by atoms with E-state index in [1.807, 2.05) is 12.1 Å². The third kappa shape index (κ3) is 2.74. The van der Waals surface area contributed by atoms with Crippen molar-refractivity contribution in [1.29, 1.82) is 0 Å². The summed E-state index contributed by atoms with van der Waals surface area (Å²) >= 11 is 14.1. The summed E-state index contributed by atoms with van der Waals surface area (Å²) in [5.74, 6) is 0. The first-order valence-electron chi connectivity index (χ1n) is 4.13. The molecule has 0 atom stereocenters. The summed E-state index contributed by atoms with van der Waals surface area (Å²) < 4.78 is 1.60. The minimum atomic E-state index is 0.393. The fourth-order valence-corrected chi connectivity index (χ4v) is 2.83. The Kier molecular flexibility index (Phi) is 4.18. The van der Waals surface area contributed by atoms with Gasteiger partial charge in [0.15, 0.2) is 0 Å². The van der Waals surface area contributed by atoms with Crippen LogP contribution < -0.4 is 0 Å². The van der Waals surface area contributed by atoms with Crippen LogP contribution in [0.2, 0.25) is 5.15 Å². The molecule has 16 heavy (non-hydrogen) atoms. The molecular weight excluding hydrogens is 377 g/mol. The summed E-state index contributed by atoms with van der Waals surface area (Å²) in [4.78, 5) is 12.2. The molecule has 0 amide bonds. The van der Waals surface area contributed by atoms with Crippen LogP contribution in [0.15, 0.2) is 43.7 Å². The highest BCUT2D eigenvalue weighted by atomic mass is 79.9. The number of pyridine rings is 1. The molecule has 0 aromatic carbocycles. The van der Waals surface area contributed by atoms with E-state index < -0.39 is 0 Å². The lowest BCUT2D eigenvalue weighted by molar-refractivity contribution is 1.01. The zero-order chi connectivity index (χ0) is 11.5. The van der Waals surface area contributed by atoms with Crippen molar-refractivity contribution < 1.29 is 0 Å². The van der Waals surface area contributed by atoms with Gasteiger partial charge in [-0.05, 0) is 55.8 Å². The molecule has 0 spiro atoms. The van der Waals surface area contributed by atoms with Gasteiger partial charge in [0, 0.05) is 6.20 Å². The van der Waals surface area contributed by atoms with Gasteiger partial charge in [-0.15, -0.1) is 0 Å². The van der Waals surface area contributed by atoms with Gasteiger partial charge in [-0.2, -0.15) is 0 Å². The van der Waals surface area contributed by atoms with Crippen molar-refractivity contribution in [3.63, 3.8) is 0 Å². The maximum Gasteiger partial charge on any atom is 0.147 e. The van der Waals surface area contributed by atoms with Crippen molar-refractivity contribution in [3.8, 4) is 0 Å². The molecule has 2 rings (SSSR count). The van der Waals surface area contributed by atoms with Crippen LogP contribution in [0.4, 0.5) is 0 Å². The Bertz CT molecular complexity index is 524. The van der Waals surface area contributed by atoms with Crippen molar-refractivity contribution in [3.05, 3.63) is 38.8 Å². The lowest BCUT2D eigenvalue weighted by Crippen LogP contribution is -1.88. The van der Waals surface area contributed by atoms with E-state index >= 15 is 0 Å². The smallest absolute Gasteiger partial charge is 0.147 e. The first-order valence-corrected chi connectivity index (χ1v) is 6.91. The summed E-state index contributed by atoms with van der Waals surface area (Å²) in [6, 6.07) is 3.78. The molecule has 0 saturated carbocycles. The molecule has 0 aliphatic carbocycles. The quantitative estimate of drug-likeness (QED) is 0.731. The number of rotatable bonds is 2. The Morgan fingerprint density at radius 1 is 1.12 bits per heavy atom. The Morgan fingerprint density at radius 2 is 1.94 bits per heavy atom. The second-order valence-electron chi connectivity index (χ2n) is 2.68.